The van der Waals surface area contributed by atoms with E-state index in [1.807, 2.05) is 37.3 Å². The van der Waals surface area contributed by atoms with E-state index in [1.165, 1.54) is 0 Å². The summed E-state index contributed by atoms with van der Waals surface area (Å²) in [5.74, 6) is 0.838. The molecule has 0 saturated heterocycles. The summed E-state index contributed by atoms with van der Waals surface area (Å²) in [7, 11) is 1.66. The average molecular weight is 330 g/mol. The van der Waals surface area contributed by atoms with E-state index in [-0.39, 0.29) is 5.38 Å². The van der Waals surface area contributed by atoms with Crippen molar-refractivity contribution in [2.24, 2.45) is 0 Å². The summed E-state index contributed by atoms with van der Waals surface area (Å²) in [5.41, 5.74) is 3.28. The number of hydrogen-bond acceptors (Lipinski definition) is 1. The largest absolute Gasteiger partial charge is 0.497 e. The number of alkyl halides is 1. The van der Waals surface area contributed by atoms with Crippen molar-refractivity contribution in [3.63, 3.8) is 0 Å². The zero-order chi connectivity index (χ0) is 14.7. The van der Waals surface area contributed by atoms with Gasteiger partial charge < -0.3 is 4.74 Å². The first-order chi connectivity index (χ1) is 9.51. The quantitative estimate of drug-likeness (QED) is 0.641. The molecule has 0 fully saturated rings. The second-order valence-corrected chi connectivity index (χ2v) is 5.98. The monoisotopic (exact) mass is 328 g/mol. The van der Waals surface area contributed by atoms with E-state index in [0.717, 1.165) is 22.4 Å². The van der Waals surface area contributed by atoms with Gasteiger partial charge in [-0.25, -0.2) is 0 Å². The van der Waals surface area contributed by atoms with Gasteiger partial charge in [0.15, 0.2) is 0 Å². The van der Waals surface area contributed by atoms with Gasteiger partial charge in [0.05, 0.1) is 22.5 Å². The van der Waals surface area contributed by atoms with Crippen molar-refractivity contribution in [1.82, 2.24) is 0 Å². The van der Waals surface area contributed by atoms with Gasteiger partial charge in [0, 0.05) is 0 Å². The van der Waals surface area contributed by atoms with Gasteiger partial charge in [-0.05, 0) is 54.3 Å². The van der Waals surface area contributed by atoms with Crippen molar-refractivity contribution in [3.8, 4) is 5.75 Å². The van der Waals surface area contributed by atoms with Crippen LogP contribution in [0, 0.1) is 6.92 Å². The maximum Gasteiger partial charge on any atom is 0.119 e. The van der Waals surface area contributed by atoms with Crippen LogP contribution in [0.3, 0.4) is 0 Å². The molecule has 0 amide bonds. The van der Waals surface area contributed by atoms with Crippen LogP contribution in [0.2, 0.25) is 10.0 Å². The van der Waals surface area contributed by atoms with Gasteiger partial charge in [-0.2, -0.15) is 0 Å². The summed E-state index contributed by atoms with van der Waals surface area (Å²) in [6.07, 6.45) is 0.700. The van der Waals surface area contributed by atoms with Crippen LogP contribution < -0.4 is 4.74 Å². The summed E-state index contributed by atoms with van der Waals surface area (Å²) in [6, 6.07) is 11.5. The van der Waals surface area contributed by atoms with Gasteiger partial charge in [0.1, 0.15) is 5.75 Å². The van der Waals surface area contributed by atoms with Crippen molar-refractivity contribution >= 4 is 34.8 Å². The van der Waals surface area contributed by atoms with Crippen LogP contribution in [-0.4, -0.2) is 7.11 Å². The minimum atomic E-state index is -0.113. The molecule has 2 aromatic carbocycles. The van der Waals surface area contributed by atoms with E-state index in [2.05, 4.69) is 0 Å². The SMILES string of the molecule is COc1ccc(C(Cl)Cc2ccc(Cl)c(Cl)c2)c(C)c1. The van der Waals surface area contributed by atoms with Crippen LogP contribution in [-0.2, 0) is 6.42 Å². The van der Waals surface area contributed by atoms with Crippen LogP contribution >= 0.6 is 34.8 Å². The van der Waals surface area contributed by atoms with Crippen LogP contribution in [0.5, 0.6) is 5.75 Å². The number of ether oxygens (including phenoxy) is 1. The molecule has 0 saturated carbocycles. The Bertz CT molecular complexity index is 611. The number of methoxy groups -OCH3 is 1. The normalized spacial score (nSPS) is 12.2. The van der Waals surface area contributed by atoms with Crippen molar-refractivity contribution in [1.29, 1.82) is 0 Å². The Kier molecular flexibility index (Phi) is 5.20. The Labute approximate surface area is 134 Å². The number of benzene rings is 2. The molecule has 0 spiro atoms. The van der Waals surface area contributed by atoms with Crippen molar-refractivity contribution < 1.29 is 4.74 Å². The topological polar surface area (TPSA) is 9.23 Å². The molecule has 4 heteroatoms. The maximum atomic E-state index is 6.52. The zero-order valence-electron chi connectivity index (χ0n) is 11.3. The van der Waals surface area contributed by atoms with Gasteiger partial charge in [0.2, 0.25) is 0 Å². The molecule has 1 atom stereocenters. The second kappa shape index (κ2) is 6.71. The zero-order valence-corrected chi connectivity index (χ0v) is 13.6. The van der Waals surface area contributed by atoms with Gasteiger partial charge in [-0.15, -0.1) is 11.6 Å². The number of hydrogen-bond donors (Lipinski definition) is 0. The van der Waals surface area contributed by atoms with Gasteiger partial charge in [0.25, 0.3) is 0 Å². The molecular weight excluding hydrogens is 315 g/mol. The highest BCUT2D eigenvalue weighted by molar-refractivity contribution is 6.42. The van der Waals surface area contributed by atoms with Crippen molar-refractivity contribution in [3.05, 3.63) is 63.1 Å². The fraction of sp³-hybridized carbons (Fsp3) is 0.250. The number of rotatable bonds is 4. The molecule has 1 unspecified atom stereocenters. The summed E-state index contributed by atoms with van der Waals surface area (Å²) >= 11 is 18.5. The van der Waals surface area contributed by atoms with E-state index in [0.29, 0.717) is 16.5 Å². The minimum absolute atomic E-state index is 0.113. The van der Waals surface area contributed by atoms with Crippen molar-refractivity contribution in [2.75, 3.05) is 7.11 Å². The Balaban J connectivity index is 2.19. The molecule has 106 valence electrons. The maximum absolute atomic E-state index is 6.52. The minimum Gasteiger partial charge on any atom is -0.497 e. The van der Waals surface area contributed by atoms with E-state index in [9.17, 15) is 0 Å². The molecule has 0 bridgehead atoms. The molecule has 2 rings (SSSR count). The summed E-state index contributed by atoms with van der Waals surface area (Å²) < 4.78 is 5.20. The van der Waals surface area contributed by atoms with Crippen LogP contribution in [0.1, 0.15) is 22.1 Å². The van der Waals surface area contributed by atoms with E-state index in [1.54, 1.807) is 13.2 Å². The summed E-state index contributed by atoms with van der Waals surface area (Å²) in [5, 5.41) is 1.000. The van der Waals surface area contributed by atoms with Gasteiger partial charge in [-0.1, -0.05) is 35.3 Å². The van der Waals surface area contributed by atoms with Crippen LogP contribution in [0.15, 0.2) is 36.4 Å². The fourth-order valence-corrected chi connectivity index (χ4v) is 2.85. The standard InChI is InChI=1S/C16H15Cl3O/c1-10-7-12(20-2)4-5-13(10)15(18)8-11-3-6-14(17)16(19)9-11/h3-7,9,15H,8H2,1-2H3. The third-order valence-electron chi connectivity index (χ3n) is 3.21. The first-order valence-corrected chi connectivity index (χ1v) is 7.43. The highest BCUT2D eigenvalue weighted by atomic mass is 35.5. The van der Waals surface area contributed by atoms with Gasteiger partial charge in [-0.3, -0.25) is 0 Å². The molecule has 0 aliphatic carbocycles. The fourth-order valence-electron chi connectivity index (χ4n) is 2.11. The van der Waals surface area contributed by atoms with Gasteiger partial charge >= 0.3 is 0 Å². The Morgan fingerprint density at radius 1 is 1.05 bits per heavy atom. The highest BCUT2D eigenvalue weighted by Crippen LogP contribution is 2.31. The van der Waals surface area contributed by atoms with E-state index >= 15 is 0 Å². The second-order valence-electron chi connectivity index (χ2n) is 4.64. The lowest BCUT2D eigenvalue weighted by Crippen LogP contribution is -1.99. The van der Waals surface area contributed by atoms with Crippen LogP contribution in [0.25, 0.3) is 0 Å². The van der Waals surface area contributed by atoms with E-state index < -0.39 is 0 Å². The smallest absolute Gasteiger partial charge is 0.119 e. The van der Waals surface area contributed by atoms with E-state index in [4.69, 9.17) is 39.5 Å². The highest BCUT2D eigenvalue weighted by Gasteiger charge is 2.13. The predicted octanol–water partition coefficient (Wildman–Crippen LogP) is 5.83. The molecule has 0 N–H and O–H groups in total. The molecule has 20 heavy (non-hydrogen) atoms. The third-order valence-corrected chi connectivity index (χ3v) is 4.34. The average Bonchev–Trinajstić information content (AvgIpc) is 2.42. The Hall–Kier alpha value is -0.890. The first-order valence-electron chi connectivity index (χ1n) is 6.24. The van der Waals surface area contributed by atoms with Crippen LogP contribution in [0.4, 0.5) is 0 Å². The van der Waals surface area contributed by atoms with Crippen molar-refractivity contribution in [2.45, 2.75) is 18.7 Å². The lowest BCUT2D eigenvalue weighted by molar-refractivity contribution is 0.414. The molecule has 0 aliphatic heterocycles. The lowest BCUT2D eigenvalue weighted by atomic mass is 10.00. The third kappa shape index (κ3) is 3.60. The summed E-state index contributed by atoms with van der Waals surface area (Å²) in [4.78, 5) is 0. The summed E-state index contributed by atoms with van der Waals surface area (Å²) in [6.45, 7) is 2.03. The Morgan fingerprint density at radius 2 is 1.80 bits per heavy atom. The molecule has 2 aromatic rings. The first kappa shape index (κ1) is 15.5. The molecule has 0 heterocycles. The molecular formula is C16H15Cl3O. The molecule has 1 nitrogen and oxygen atoms in total. The molecule has 0 aromatic heterocycles. The predicted molar refractivity (Wildman–Crippen MR) is 86.5 cm³/mol. The number of halogens is 3. The molecule has 0 aliphatic rings. The Morgan fingerprint density at radius 3 is 2.40 bits per heavy atom. The number of aryl methyl sites for hydroxylation is 1. The molecule has 0 radical (unpaired) electrons. The lowest BCUT2D eigenvalue weighted by Gasteiger charge is -2.14.